The number of carbonyl (C=O) groups excluding carboxylic acids is 2. The highest BCUT2D eigenvalue weighted by atomic mass is 16.7. The van der Waals surface area contributed by atoms with Crippen LogP contribution in [0.1, 0.15) is 18.4 Å². The Balaban J connectivity index is 1.34. The minimum atomic E-state index is -1.59. The maximum Gasteiger partial charge on any atom is 0.334 e. The summed E-state index contributed by atoms with van der Waals surface area (Å²) in [6.45, 7) is 11.8. The molecular weight excluding hydrogens is 524 g/mol. The van der Waals surface area contributed by atoms with Crippen LogP contribution in [0.3, 0.4) is 0 Å². The lowest BCUT2D eigenvalue weighted by Gasteiger charge is -2.40. The van der Waals surface area contributed by atoms with E-state index < -0.39 is 79.4 Å². The lowest BCUT2D eigenvalue weighted by atomic mass is 9.81. The van der Waals surface area contributed by atoms with Crippen molar-refractivity contribution in [1.82, 2.24) is 0 Å². The Morgan fingerprint density at radius 3 is 2.40 bits per heavy atom. The molecule has 0 aromatic heterocycles. The van der Waals surface area contributed by atoms with Crippen LogP contribution in [0.4, 0.5) is 0 Å². The molecule has 1 aromatic rings. The van der Waals surface area contributed by atoms with Gasteiger partial charge in [-0.1, -0.05) is 37.4 Å². The fourth-order valence-electron chi connectivity index (χ4n) is 6.33. The summed E-state index contributed by atoms with van der Waals surface area (Å²) < 4.78 is 23.2. The number of aliphatic hydroxyl groups is 4. The minimum Gasteiger partial charge on any atom is -0.508 e. The number of carbonyl (C=O) groups is 2. The van der Waals surface area contributed by atoms with Crippen molar-refractivity contribution in [3.63, 3.8) is 0 Å². The summed E-state index contributed by atoms with van der Waals surface area (Å²) in [7, 11) is 0. The molecule has 4 fully saturated rings. The summed E-state index contributed by atoms with van der Waals surface area (Å²) in [6, 6.07) is 6.20. The molecule has 11 nitrogen and oxygen atoms in total. The number of hydrogen-bond acceptors (Lipinski definition) is 11. The van der Waals surface area contributed by atoms with Crippen molar-refractivity contribution in [3.05, 3.63) is 66.3 Å². The van der Waals surface area contributed by atoms with Gasteiger partial charge in [0.25, 0.3) is 0 Å². The van der Waals surface area contributed by atoms with E-state index in [1.807, 2.05) is 0 Å². The van der Waals surface area contributed by atoms with E-state index in [1.165, 1.54) is 12.1 Å². The van der Waals surface area contributed by atoms with Gasteiger partial charge in [0.1, 0.15) is 42.4 Å². The van der Waals surface area contributed by atoms with Gasteiger partial charge in [-0.3, -0.25) is 4.79 Å². The van der Waals surface area contributed by atoms with Gasteiger partial charge in [-0.25, -0.2) is 4.79 Å². The van der Waals surface area contributed by atoms with Crippen molar-refractivity contribution in [2.75, 3.05) is 6.61 Å². The van der Waals surface area contributed by atoms with E-state index in [0.29, 0.717) is 17.6 Å². The molecule has 2 heterocycles. The predicted molar refractivity (Wildman–Crippen MR) is 137 cm³/mol. The normalized spacial score (nSPS) is 39.4. The molecule has 0 radical (unpaired) electrons. The molecule has 0 amide bonds. The first-order chi connectivity index (χ1) is 19.0. The molecule has 216 valence electrons. The van der Waals surface area contributed by atoms with Crippen LogP contribution in [-0.4, -0.2) is 93.1 Å². The molecule has 11 heteroatoms. The highest BCUT2D eigenvalue weighted by molar-refractivity contribution is 5.91. The Morgan fingerprint density at radius 2 is 1.73 bits per heavy atom. The van der Waals surface area contributed by atoms with E-state index in [9.17, 15) is 35.1 Å². The second-order valence-electron chi connectivity index (χ2n) is 10.9. The van der Waals surface area contributed by atoms with Crippen LogP contribution in [-0.2, 0) is 35.0 Å². The standard InChI is InChI=1S/C29H34O11/c1-12-8-19(37-21(32)9-15-4-6-16(31)7-5-15)23-14(3)28(36)40-27(23)22-13(2)18(10-17(12)22)38-29-26(35)25(34)24(33)20(11-30)39-29/h4-7,17-20,22-27,29-31,33-35H,1-3,8-11H2/t17-,18-,19+,20+,22-,23+,24+,25-,26+,27+,29+/m0/s1. The lowest BCUT2D eigenvalue weighted by Crippen LogP contribution is -2.59. The van der Waals surface area contributed by atoms with Crippen LogP contribution in [0.15, 0.2) is 60.7 Å². The second kappa shape index (κ2) is 11.1. The van der Waals surface area contributed by atoms with Crippen LogP contribution in [0, 0.1) is 17.8 Å². The molecule has 4 aliphatic rings. The van der Waals surface area contributed by atoms with Crippen LogP contribution in [0.5, 0.6) is 5.75 Å². The van der Waals surface area contributed by atoms with Crippen LogP contribution < -0.4 is 0 Å². The Hall–Kier alpha value is -3.06. The summed E-state index contributed by atoms with van der Waals surface area (Å²) in [5.74, 6) is -2.38. The second-order valence-corrected chi connectivity index (χ2v) is 10.9. The van der Waals surface area contributed by atoms with Gasteiger partial charge in [0.15, 0.2) is 6.29 Å². The summed E-state index contributed by atoms with van der Waals surface area (Å²) >= 11 is 0. The number of ether oxygens (including phenoxy) is 4. The summed E-state index contributed by atoms with van der Waals surface area (Å²) in [5, 5.41) is 49.7. The fraction of sp³-hybridized carbons (Fsp3) is 0.517. The van der Waals surface area contributed by atoms with E-state index in [0.717, 1.165) is 5.57 Å². The lowest BCUT2D eigenvalue weighted by molar-refractivity contribution is -0.308. The third-order valence-corrected chi connectivity index (χ3v) is 8.46. The zero-order valence-electron chi connectivity index (χ0n) is 21.8. The third-order valence-electron chi connectivity index (χ3n) is 8.46. The van der Waals surface area contributed by atoms with Crippen molar-refractivity contribution in [2.45, 2.75) is 68.3 Å². The average molecular weight is 559 g/mol. The minimum absolute atomic E-state index is 0.0313. The Morgan fingerprint density at radius 1 is 1.02 bits per heavy atom. The molecule has 2 saturated heterocycles. The number of aliphatic hydroxyl groups excluding tert-OH is 4. The van der Waals surface area contributed by atoms with Crippen molar-refractivity contribution in [2.24, 2.45) is 17.8 Å². The number of rotatable bonds is 6. The van der Waals surface area contributed by atoms with E-state index in [4.69, 9.17) is 18.9 Å². The summed E-state index contributed by atoms with van der Waals surface area (Å²) in [5.41, 5.74) is 2.14. The molecule has 2 aliphatic carbocycles. The number of benzene rings is 1. The molecule has 2 aliphatic heterocycles. The van der Waals surface area contributed by atoms with Gasteiger partial charge in [0.2, 0.25) is 0 Å². The van der Waals surface area contributed by atoms with E-state index in [1.54, 1.807) is 12.1 Å². The van der Waals surface area contributed by atoms with Crippen molar-refractivity contribution in [3.8, 4) is 5.75 Å². The van der Waals surface area contributed by atoms with Gasteiger partial charge in [-0.15, -0.1) is 0 Å². The molecule has 0 unspecified atom stereocenters. The SMILES string of the molecule is C=C1C(=O)O[C@@H]2[C@H]3C(=C)[C@@H](O[C@@H]4O[C@H](CO)[C@@H](O)[C@H](O)[C@H]4O)C[C@H]3C(=C)C[C@@H](OC(=O)Cc3ccc(O)cc3)[C@@H]12. The maximum atomic E-state index is 12.9. The molecule has 5 rings (SSSR count). The summed E-state index contributed by atoms with van der Waals surface area (Å²) in [6.07, 6.45) is -8.77. The number of esters is 2. The van der Waals surface area contributed by atoms with Crippen LogP contribution in [0.2, 0.25) is 0 Å². The Labute approximate surface area is 230 Å². The van der Waals surface area contributed by atoms with Gasteiger partial charge in [0.05, 0.1) is 25.0 Å². The van der Waals surface area contributed by atoms with E-state index >= 15 is 0 Å². The number of phenols is 1. The van der Waals surface area contributed by atoms with E-state index in [-0.39, 0.29) is 30.1 Å². The number of phenolic OH excluding ortho intramolecular Hbond substituents is 1. The highest BCUT2D eigenvalue weighted by Crippen LogP contribution is 2.53. The van der Waals surface area contributed by atoms with E-state index in [2.05, 4.69) is 19.7 Å². The Kier molecular flexibility index (Phi) is 7.88. The average Bonchev–Trinajstić information content (AvgIpc) is 3.36. The number of fused-ring (bicyclic) bond motifs is 3. The molecule has 40 heavy (non-hydrogen) atoms. The molecule has 2 saturated carbocycles. The molecule has 11 atom stereocenters. The highest BCUT2D eigenvalue weighted by Gasteiger charge is 2.58. The van der Waals surface area contributed by atoms with Gasteiger partial charge in [-0.2, -0.15) is 0 Å². The molecule has 0 bridgehead atoms. The zero-order valence-corrected chi connectivity index (χ0v) is 21.8. The predicted octanol–water partition coefficient (Wildman–Crippen LogP) is 0.282. The van der Waals surface area contributed by atoms with Crippen LogP contribution in [0.25, 0.3) is 0 Å². The molecule has 5 N–H and O–H groups in total. The fourth-order valence-corrected chi connectivity index (χ4v) is 6.33. The molecule has 0 spiro atoms. The van der Waals surface area contributed by atoms with Gasteiger partial charge in [0, 0.05) is 17.9 Å². The van der Waals surface area contributed by atoms with Gasteiger partial charge in [-0.05, 0) is 35.6 Å². The largest absolute Gasteiger partial charge is 0.508 e. The van der Waals surface area contributed by atoms with Crippen molar-refractivity contribution >= 4 is 11.9 Å². The number of hydrogen-bond donors (Lipinski definition) is 5. The Bertz CT molecular complexity index is 1190. The van der Waals surface area contributed by atoms with Crippen molar-refractivity contribution < 1.29 is 54.1 Å². The molecular formula is C29H34O11. The van der Waals surface area contributed by atoms with Gasteiger partial charge < -0.3 is 44.5 Å². The molecule has 1 aromatic carbocycles. The summed E-state index contributed by atoms with van der Waals surface area (Å²) in [4.78, 5) is 25.5. The van der Waals surface area contributed by atoms with Crippen molar-refractivity contribution in [1.29, 1.82) is 0 Å². The first-order valence-corrected chi connectivity index (χ1v) is 13.2. The maximum absolute atomic E-state index is 12.9. The number of aromatic hydroxyl groups is 1. The first kappa shape index (κ1) is 28.5. The quantitative estimate of drug-likeness (QED) is 0.184. The third kappa shape index (κ3) is 5.09. The zero-order chi connectivity index (χ0) is 28.9. The smallest absolute Gasteiger partial charge is 0.334 e. The first-order valence-electron chi connectivity index (χ1n) is 13.2. The topological polar surface area (TPSA) is 172 Å². The van der Waals surface area contributed by atoms with Gasteiger partial charge >= 0.3 is 11.9 Å². The van der Waals surface area contributed by atoms with Crippen LogP contribution >= 0.6 is 0 Å². The monoisotopic (exact) mass is 558 g/mol.